The lowest BCUT2D eigenvalue weighted by Crippen LogP contribution is -2.39. The van der Waals surface area contributed by atoms with Crippen molar-refractivity contribution >= 4 is 34.7 Å². The number of amides is 1. The highest BCUT2D eigenvalue weighted by Crippen LogP contribution is 2.34. The third kappa shape index (κ3) is 6.19. The van der Waals surface area contributed by atoms with Crippen molar-refractivity contribution in [2.75, 3.05) is 40.5 Å². The summed E-state index contributed by atoms with van der Waals surface area (Å²) in [6, 6.07) is 12.6. The Hall–Kier alpha value is -3.40. The molecule has 1 amide bonds. The topological polar surface area (TPSA) is 95.9 Å². The van der Waals surface area contributed by atoms with Crippen LogP contribution in [0.25, 0.3) is 5.57 Å². The summed E-state index contributed by atoms with van der Waals surface area (Å²) in [4.78, 5) is 26.3. The van der Waals surface area contributed by atoms with Gasteiger partial charge < -0.3 is 23.8 Å². The molecule has 1 fully saturated rings. The van der Waals surface area contributed by atoms with Gasteiger partial charge in [-0.25, -0.2) is 0 Å². The standard InChI is InChI=1S/C24H22Cl2N4O5/c1-32-19-8-5-16(13-20(19)33-2)18(14-21(31)30-9-11-34-12-10-30)15-3-6-17(7-4-15)35-24-28-22(25)27-23(26)29-24/h3-8,13-14H,9-12H2,1-2H3. The Labute approximate surface area is 212 Å². The molecule has 9 nitrogen and oxygen atoms in total. The van der Waals surface area contributed by atoms with Gasteiger partial charge >= 0.3 is 6.01 Å². The van der Waals surface area contributed by atoms with E-state index in [1.54, 1.807) is 43.4 Å². The Bertz CT molecular complexity index is 1210. The van der Waals surface area contributed by atoms with E-state index in [0.717, 1.165) is 11.1 Å². The Morgan fingerprint density at radius 1 is 0.914 bits per heavy atom. The van der Waals surface area contributed by atoms with Crippen molar-refractivity contribution in [2.24, 2.45) is 0 Å². The lowest BCUT2D eigenvalue weighted by atomic mass is 9.96. The summed E-state index contributed by atoms with van der Waals surface area (Å²) in [5, 5.41) is -0.145. The highest BCUT2D eigenvalue weighted by Gasteiger charge is 2.18. The van der Waals surface area contributed by atoms with Gasteiger partial charge in [-0.1, -0.05) is 18.2 Å². The second-order valence-electron chi connectivity index (χ2n) is 7.35. The summed E-state index contributed by atoms with van der Waals surface area (Å²) >= 11 is 11.6. The average molecular weight is 517 g/mol. The minimum absolute atomic E-state index is 0.0269. The first-order valence-corrected chi connectivity index (χ1v) is 11.4. The van der Waals surface area contributed by atoms with Crippen molar-refractivity contribution in [3.63, 3.8) is 0 Å². The predicted octanol–water partition coefficient (Wildman–Crippen LogP) is 4.28. The van der Waals surface area contributed by atoms with Gasteiger partial charge in [-0.3, -0.25) is 4.79 Å². The van der Waals surface area contributed by atoms with E-state index in [2.05, 4.69) is 15.0 Å². The normalized spacial score (nSPS) is 13.9. The molecular weight excluding hydrogens is 495 g/mol. The second-order valence-corrected chi connectivity index (χ2v) is 8.02. The van der Waals surface area contributed by atoms with Crippen molar-refractivity contribution in [1.82, 2.24) is 19.9 Å². The van der Waals surface area contributed by atoms with Gasteiger partial charge in [0.1, 0.15) is 5.75 Å². The minimum atomic E-state index is -0.104. The third-order valence-corrected chi connectivity index (χ3v) is 5.56. The molecule has 35 heavy (non-hydrogen) atoms. The van der Waals surface area contributed by atoms with Crippen LogP contribution in [0, 0.1) is 0 Å². The van der Waals surface area contributed by atoms with Crippen LogP contribution in [0.4, 0.5) is 0 Å². The predicted molar refractivity (Wildman–Crippen MR) is 130 cm³/mol. The van der Waals surface area contributed by atoms with E-state index in [4.69, 9.17) is 42.1 Å². The van der Waals surface area contributed by atoms with E-state index in [1.165, 1.54) is 0 Å². The lowest BCUT2D eigenvalue weighted by Gasteiger charge is -2.26. The summed E-state index contributed by atoms with van der Waals surface area (Å²) in [6.45, 7) is 2.11. The zero-order valence-corrected chi connectivity index (χ0v) is 20.5. The molecule has 1 aliphatic rings. The number of hydrogen-bond donors (Lipinski definition) is 0. The Morgan fingerprint density at radius 3 is 2.17 bits per heavy atom. The molecule has 0 spiro atoms. The van der Waals surface area contributed by atoms with Crippen LogP contribution in [-0.2, 0) is 9.53 Å². The zero-order valence-electron chi connectivity index (χ0n) is 19.0. The van der Waals surface area contributed by atoms with Crippen LogP contribution >= 0.6 is 23.2 Å². The van der Waals surface area contributed by atoms with E-state index in [0.29, 0.717) is 49.1 Å². The smallest absolute Gasteiger partial charge is 0.327 e. The molecule has 3 aromatic rings. The molecule has 0 radical (unpaired) electrons. The molecule has 0 saturated carbocycles. The van der Waals surface area contributed by atoms with E-state index >= 15 is 0 Å². The maximum absolute atomic E-state index is 13.1. The van der Waals surface area contributed by atoms with Gasteiger partial charge in [0.05, 0.1) is 27.4 Å². The first kappa shape index (κ1) is 24.7. The van der Waals surface area contributed by atoms with Gasteiger partial charge in [0.2, 0.25) is 16.5 Å². The molecule has 4 rings (SSSR count). The fourth-order valence-electron chi connectivity index (χ4n) is 3.50. The van der Waals surface area contributed by atoms with Crippen molar-refractivity contribution in [3.8, 4) is 23.3 Å². The molecule has 1 saturated heterocycles. The van der Waals surface area contributed by atoms with Crippen molar-refractivity contribution in [3.05, 3.63) is 70.2 Å². The zero-order chi connectivity index (χ0) is 24.8. The molecule has 2 heterocycles. The van der Waals surface area contributed by atoms with Crippen LogP contribution in [0.2, 0.25) is 10.6 Å². The van der Waals surface area contributed by atoms with Crippen molar-refractivity contribution < 1.29 is 23.7 Å². The first-order chi connectivity index (χ1) is 17.0. The number of rotatable bonds is 7. The number of carbonyl (C=O) groups excluding carboxylic acids is 1. The number of carbonyl (C=O) groups is 1. The number of hydrogen-bond acceptors (Lipinski definition) is 8. The molecule has 1 aromatic heterocycles. The lowest BCUT2D eigenvalue weighted by molar-refractivity contribution is -0.129. The van der Waals surface area contributed by atoms with Gasteiger partial charge in [-0.05, 0) is 64.2 Å². The SMILES string of the molecule is COc1ccc(C(=CC(=O)N2CCOCC2)c2ccc(Oc3nc(Cl)nc(Cl)n3)cc2)cc1OC. The van der Waals surface area contributed by atoms with Crippen LogP contribution in [-0.4, -0.2) is 66.3 Å². The number of methoxy groups -OCH3 is 2. The van der Waals surface area contributed by atoms with Crippen LogP contribution < -0.4 is 14.2 Å². The quantitative estimate of drug-likeness (QED) is 0.429. The number of ether oxygens (including phenoxy) is 4. The highest BCUT2D eigenvalue weighted by molar-refractivity contribution is 6.31. The second kappa shape index (κ2) is 11.4. The Balaban J connectivity index is 1.67. The molecule has 0 atom stereocenters. The summed E-state index contributed by atoms with van der Waals surface area (Å²) in [5.41, 5.74) is 2.28. The fraction of sp³-hybridized carbons (Fsp3) is 0.250. The Kier molecular flexibility index (Phi) is 8.02. The maximum atomic E-state index is 13.1. The molecule has 182 valence electrons. The van der Waals surface area contributed by atoms with Crippen molar-refractivity contribution in [1.29, 1.82) is 0 Å². The fourth-order valence-corrected chi connectivity index (χ4v) is 3.85. The Morgan fingerprint density at radius 2 is 1.54 bits per heavy atom. The number of nitrogens with zero attached hydrogens (tertiary/aromatic N) is 4. The number of aromatic nitrogens is 3. The van der Waals surface area contributed by atoms with Crippen LogP contribution in [0.3, 0.4) is 0 Å². The molecular formula is C24H22Cl2N4O5. The molecule has 11 heteroatoms. The summed E-state index contributed by atoms with van der Waals surface area (Å²) in [7, 11) is 3.14. The van der Waals surface area contributed by atoms with Gasteiger partial charge in [-0.15, -0.1) is 0 Å². The molecule has 2 aromatic carbocycles. The molecule has 0 N–H and O–H groups in total. The van der Waals surface area contributed by atoms with Crippen LogP contribution in [0.5, 0.6) is 23.3 Å². The molecule has 1 aliphatic heterocycles. The van der Waals surface area contributed by atoms with Crippen LogP contribution in [0.15, 0.2) is 48.5 Å². The third-order valence-electron chi connectivity index (χ3n) is 5.22. The monoisotopic (exact) mass is 516 g/mol. The number of halogens is 2. The number of morpholine rings is 1. The largest absolute Gasteiger partial charge is 0.493 e. The maximum Gasteiger partial charge on any atom is 0.327 e. The van der Waals surface area contributed by atoms with E-state index in [-0.39, 0.29) is 22.5 Å². The summed E-state index contributed by atoms with van der Waals surface area (Å²) < 4.78 is 21.8. The van der Waals surface area contributed by atoms with Crippen LogP contribution in [0.1, 0.15) is 11.1 Å². The molecule has 0 unspecified atom stereocenters. The molecule has 0 aliphatic carbocycles. The number of benzene rings is 2. The molecule has 0 bridgehead atoms. The van der Waals surface area contributed by atoms with Gasteiger partial charge in [0, 0.05) is 19.2 Å². The summed E-state index contributed by atoms with van der Waals surface area (Å²) in [6.07, 6.45) is 1.62. The van der Waals surface area contributed by atoms with E-state index in [1.807, 2.05) is 24.3 Å². The van der Waals surface area contributed by atoms with Crippen molar-refractivity contribution in [2.45, 2.75) is 0 Å². The van der Waals surface area contributed by atoms with E-state index < -0.39 is 0 Å². The van der Waals surface area contributed by atoms with Gasteiger partial charge in [0.25, 0.3) is 0 Å². The van der Waals surface area contributed by atoms with E-state index in [9.17, 15) is 4.79 Å². The average Bonchev–Trinajstić information content (AvgIpc) is 2.87. The van der Waals surface area contributed by atoms with Gasteiger partial charge in [-0.2, -0.15) is 15.0 Å². The first-order valence-electron chi connectivity index (χ1n) is 10.6. The minimum Gasteiger partial charge on any atom is -0.493 e. The summed E-state index contributed by atoms with van der Waals surface area (Å²) in [5.74, 6) is 1.50. The van der Waals surface area contributed by atoms with Gasteiger partial charge in [0.15, 0.2) is 11.5 Å². The highest BCUT2D eigenvalue weighted by atomic mass is 35.5.